The van der Waals surface area contributed by atoms with Gasteiger partial charge in [0.05, 0.1) is 17.1 Å². The molecule has 0 saturated carbocycles. The molecule has 0 saturated heterocycles. The van der Waals surface area contributed by atoms with Gasteiger partial charge in [0.1, 0.15) is 0 Å². The number of hydrogen-bond acceptors (Lipinski definition) is 3. The molecule has 118 valence electrons. The van der Waals surface area contributed by atoms with Gasteiger partial charge in [0.15, 0.2) is 0 Å². The number of aromatic nitrogens is 2. The highest BCUT2D eigenvalue weighted by Gasteiger charge is 2.15. The number of para-hydroxylation sites is 1. The summed E-state index contributed by atoms with van der Waals surface area (Å²) in [6, 6.07) is 15.6. The van der Waals surface area contributed by atoms with Crippen molar-refractivity contribution in [3.8, 4) is 0 Å². The number of hydrogen-bond donors (Lipinski definition) is 1. The average molecular weight is 392 g/mol. The predicted molar refractivity (Wildman–Crippen MR) is 92.7 cm³/mol. The van der Waals surface area contributed by atoms with Gasteiger partial charge >= 0.3 is 0 Å². The molecule has 0 atom stereocenters. The van der Waals surface area contributed by atoms with Gasteiger partial charge in [-0.1, -0.05) is 34.1 Å². The van der Waals surface area contributed by atoms with Crippen LogP contribution in [-0.4, -0.2) is 18.2 Å². The first-order valence-electron chi connectivity index (χ1n) is 6.88. The highest BCUT2D eigenvalue weighted by molar-refractivity contribution is 9.10. The second-order valence-corrected chi connectivity index (χ2v) is 7.52. The average Bonchev–Trinajstić information content (AvgIpc) is 3.02. The molecule has 3 rings (SSSR count). The van der Waals surface area contributed by atoms with E-state index in [9.17, 15) is 8.42 Å². The van der Waals surface area contributed by atoms with Crippen molar-refractivity contribution < 1.29 is 8.42 Å². The maximum Gasteiger partial charge on any atom is 0.261 e. The third-order valence-electron chi connectivity index (χ3n) is 3.28. The van der Waals surface area contributed by atoms with Crippen LogP contribution in [0.15, 0.2) is 76.4 Å². The quantitative estimate of drug-likeness (QED) is 0.723. The van der Waals surface area contributed by atoms with E-state index in [1.54, 1.807) is 47.3 Å². The molecule has 0 aliphatic heterocycles. The van der Waals surface area contributed by atoms with Crippen LogP contribution < -0.4 is 4.72 Å². The lowest BCUT2D eigenvalue weighted by molar-refractivity contribution is 0.601. The van der Waals surface area contributed by atoms with Gasteiger partial charge in [0, 0.05) is 16.9 Å². The second-order valence-electron chi connectivity index (χ2n) is 4.92. The summed E-state index contributed by atoms with van der Waals surface area (Å²) in [5, 5.41) is 4.15. The van der Waals surface area contributed by atoms with Gasteiger partial charge in [0.25, 0.3) is 10.0 Å². The summed E-state index contributed by atoms with van der Waals surface area (Å²) in [5.41, 5.74) is 1.39. The lowest BCUT2D eigenvalue weighted by Gasteiger charge is -2.13. The fourth-order valence-electron chi connectivity index (χ4n) is 2.14. The molecule has 3 aromatic rings. The van der Waals surface area contributed by atoms with Crippen molar-refractivity contribution >= 4 is 31.6 Å². The Kier molecular flexibility index (Phi) is 4.49. The fourth-order valence-corrected chi connectivity index (χ4v) is 3.51. The molecule has 1 heterocycles. The number of rotatable bonds is 5. The Morgan fingerprint density at radius 3 is 2.48 bits per heavy atom. The lowest BCUT2D eigenvalue weighted by Crippen LogP contribution is -2.15. The van der Waals surface area contributed by atoms with Crippen LogP contribution in [0.3, 0.4) is 0 Å². The summed E-state index contributed by atoms with van der Waals surface area (Å²) in [4.78, 5) is 0.217. The van der Waals surface area contributed by atoms with E-state index < -0.39 is 10.0 Å². The summed E-state index contributed by atoms with van der Waals surface area (Å²) in [7, 11) is -3.63. The summed E-state index contributed by atoms with van der Waals surface area (Å²) in [6.07, 6.45) is 3.52. The maximum absolute atomic E-state index is 12.5. The molecule has 0 radical (unpaired) electrons. The van der Waals surface area contributed by atoms with Crippen molar-refractivity contribution in [2.75, 3.05) is 4.72 Å². The van der Waals surface area contributed by atoms with E-state index in [2.05, 4.69) is 25.8 Å². The van der Waals surface area contributed by atoms with Crippen LogP contribution >= 0.6 is 15.9 Å². The zero-order valence-corrected chi connectivity index (χ0v) is 14.5. The third-order valence-corrected chi connectivity index (χ3v) is 5.19. The molecule has 23 heavy (non-hydrogen) atoms. The molecule has 0 spiro atoms. The number of halogens is 1. The second kappa shape index (κ2) is 6.55. The molecule has 5 nitrogen and oxygen atoms in total. The standard InChI is InChI=1S/C16H14BrN3O2S/c17-14-6-8-15(9-7-14)23(21,22)19-16-5-2-1-4-13(16)12-20-11-3-10-18-20/h1-11,19H,12H2. The molecule has 2 aromatic carbocycles. The van der Waals surface area contributed by atoms with Crippen molar-refractivity contribution in [2.45, 2.75) is 11.4 Å². The SMILES string of the molecule is O=S(=O)(Nc1ccccc1Cn1cccn1)c1ccc(Br)cc1. The Labute approximate surface area is 143 Å². The molecule has 0 bridgehead atoms. The van der Waals surface area contributed by atoms with Crippen LogP contribution in [0.2, 0.25) is 0 Å². The van der Waals surface area contributed by atoms with E-state index in [0.717, 1.165) is 10.0 Å². The number of nitrogens with zero attached hydrogens (tertiary/aromatic N) is 2. The van der Waals surface area contributed by atoms with E-state index >= 15 is 0 Å². The molecule has 0 amide bonds. The minimum absolute atomic E-state index is 0.217. The van der Waals surface area contributed by atoms with Gasteiger partial charge in [-0.15, -0.1) is 0 Å². The number of nitrogens with one attached hydrogen (secondary N) is 1. The largest absolute Gasteiger partial charge is 0.279 e. The van der Waals surface area contributed by atoms with Gasteiger partial charge in [-0.25, -0.2) is 8.42 Å². The van der Waals surface area contributed by atoms with Crippen molar-refractivity contribution in [1.82, 2.24) is 9.78 Å². The Morgan fingerprint density at radius 1 is 1.04 bits per heavy atom. The smallest absolute Gasteiger partial charge is 0.261 e. The van der Waals surface area contributed by atoms with Crippen LogP contribution in [0.5, 0.6) is 0 Å². The number of benzene rings is 2. The first-order chi connectivity index (χ1) is 11.0. The molecule has 0 unspecified atom stereocenters. The van der Waals surface area contributed by atoms with E-state index in [4.69, 9.17) is 0 Å². The summed E-state index contributed by atoms with van der Waals surface area (Å²) < 4.78 is 30.3. The van der Waals surface area contributed by atoms with Crippen LogP contribution in [0.1, 0.15) is 5.56 Å². The highest BCUT2D eigenvalue weighted by atomic mass is 79.9. The van der Waals surface area contributed by atoms with Gasteiger partial charge in [-0.2, -0.15) is 5.10 Å². The van der Waals surface area contributed by atoms with Crippen molar-refractivity contribution in [3.05, 3.63) is 77.0 Å². The Hall–Kier alpha value is -2.12. The molecule has 1 N–H and O–H groups in total. The lowest BCUT2D eigenvalue weighted by atomic mass is 10.2. The van der Waals surface area contributed by atoms with Crippen LogP contribution in [-0.2, 0) is 16.6 Å². The van der Waals surface area contributed by atoms with E-state index in [0.29, 0.717) is 12.2 Å². The highest BCUT2D eigenvalue weighted by Crippen LogP contribution is 2.22. The number of sulfonamides is 1. The van der Waals surface area contributed by atoms with E-state index in [-0.39, 0.29) is 4.90 Å². The zero-order valence-electron chi connectivity index (χ0n) is 12.1. The van der Waals surface area contributed by atoms with E-state index in [1.807, 2.05) is 24.4 Å². The molecule has 0 aliphatic carbocycles. The molecule has 0 aliphatic rings. The Balaban J connectivity index is 1.89. The van der Waals surface area contributed by atoms with Crippen LogP contribution in [0, 0.1) is 0 Å². The van der Waals surface area contributed by atoms with E-state index in [1.165, 1.54) is 0 Å². The van der Waals surface area contributed by atoms with Gasteiger partial charge in [-0.05, 0) is 42.0 Å². The summed E-state index contributed by atoms with van der Waals surface area (Å²) in [5.74, 6) is 0. The Morgan fingerprint density at radius 2 is 1.78 bits per heavy atom. The normalized spacial score (nSPS) is 11.3. The molecule has 1 aromatic heterocycles. The first-order valence-corrected chi connectivity index (χ1v) is 9.16. The summed E-state index contributed by atoms with van der Waals surface area (Å²) >= 11 is 3.30. The topological polar surface area (TPSA) is 64.0 Å². The van der Waals surface area contributed by atoms with Crippen LogP contribution in [0.4, 0.5) is 5.69 Å². The van der Waals surface area contributed by atoms with Crippen molar-refractivity contribution in [2.24, 2.45) is 0 Å². The monoisotopic (exact) mass is 391 g/mol. The molecule has 0 fully saturated rings. The third kappa shape index (κ3) is 3.80. The van der Waals surface area contributed by atoms with Crippen molar-refractivity contribution in [1.29, 1.82) is 0 Å². The van der Waals surface area contributed by atoms with Gasteiger partial charge in [0.2, 0.25) is 0 Å². The van der Waals surface area contributed by atoms with Crippen molar-refractivity contribution in [3.63, 3.8) is 0 Å². The van der Waals surface area contributed by atoms with Crippen LogP contribution in [0.25, 0.3) is 0 Å². The summed E-state index contributed by atoms with van der Waals surface area (Å²) in [6.45, 7) is 0.492. The molecule has 7 heteroatoms. The van der Waals surface area contributed by atoms with Gasteiger partial charge < -0.3 is 0 Å². The molecular weight excluding hydrogens is 378 g/mol. The number of anilines is 1. The molecular formula is C16H14BrN3O2S. The van der Waals surface area contributed by atoms with Gasteiger partial charge in [-0.3, -0.25) is 9.40 Å². The first kappa shape index (κ1) is 15.8. The fraction of sp³-hybridized carbons (Fsp3) is 0.0625. The minimum atomic E-state index is -3.63. The minimum Gasteiger partial charge on any atom is -0.279 e. The Bertz CT molecular complexity index is 891. The zero-order chi connectivity index (χ0) is 16.3. The maximum atomic E-state index is 12.5. The predicted octanol–water partition coefficient (Wildman–Crippen LogP) is 3.49.